The summed E-state index contributed by atoms with van der Waals surface area (Å²) in [5.74, 6) is 0.893. The molecule has 2 aromatic heterocycles. The van der Waals surface area contributed by atoms with E-state index in [4.69, 9.17) is 10.7 Å². The topological polar surface area (TPSA) is 85.3 Å². The molecule has 2 heterocycles. The summed E-state index contributed by atoms with van der Waals surface area (Å²) in [6.07, 6.45) is 11.8. The number of hydrogen-bond acceptors (Lipinski definition) is 4. The highest BCUT2D eigenvalue weighted by atomic mass is 79.9. The van der Waals surface area contributed by atoms with Crippen LogP contribution in [0, 0.1) is 5.92 Å². The highest BCUT2D eigenvalue weighted by Crippen LogP contribution is 2.51. The monoisotopic (exact) mass is 417 g/mol. The lowest BCUT2D eigenvalue weighted by molar-refractivity contribution is -0.121. The highest BCUT2D eigenvalue weighted by molar-refractivity contribution is 9.10. The summed E-state index contributed by atoms with van der Waals surface area (Å²) in [6, 6.07) is 0.269. The Morgan fingerprint density at radius 1 is 1.31 bits per heavy atom. The molecule has 0 radical (unpaired) electrons. The lowest BCUT2D eigenvalue weighted by Gasteiger charge is -2.24. The molecular weight excluding hydrogens is 394 g/mol. The maximum absolute atomic E-state index is 11.5. The van der Waals surface area contributed by atoms with Crippen molar-refractivity contribution < 1.29 is 4.79 Å². The van der Waals surface area contributed by atoms with Gasteiger partial charge in [-0.2, -0.15) is 9.61 Å². The van der Waals surface area contributed by atoms with Crippen LogP contribution >= 0.6 is 15.9 Å². The fourth-order valence-corrected chi connectivity index (χ4v) is 5.76. The second-order valence-electron chi connectivity index (χ2n) is 8.26. The molecule has 7 heteroatoms. The highest BCUT2D eigenvalue weighted by Gasteiger charge is 2.44. The quantitative estimate of drug-likeness (QED) is 0.801. The molecule has 1 amide bonds. The van der Waals surface area contributed by atoms with Gasteiger partial charge in [0.05, 0.1) is 16.4 Å². The van der Waals surface area contributed by atoms with Crippen molar-refractivity contribution >= 4 is 33.3 Å². The van der Waals surface area contributed by atoms with Crippen LogP contribution in [0.5, 0.6) is 0 Å². The number of nitrogens with two attached hydrogens (primary N) is 1. The molecule has 138 valence electrons. The van der Waals surface area contributed by atoms with Crippen LogP contribution in [0.2, 0.25) is 0 Å². The molecule has 2 fully saturated rings. The minimum atomic E-state index is -0.175. The molecule has 0 bridgehead atoms. The number of carbonyl (C=O) groups excluding carboxylic acids is 1. The third-order valence-corrected chi connectivity index (χ3v) is 7.35. The number of primary amides is 1. The molecule has 2 saturated carbocycles. The Labute approximate surface area is 161 Å². The number of halogens is 1. The number of amides is 1. The van der Waals surface area contributed by atoms with Crippen LogP contribution in [-0.4, -0.2) is 26.5 Å². The van der Waals surface area contributed by atoms with Gasteiger partial charge in [-0.1, -0.05) is 12.8 Å². The van der Waals surface area contributed by atoms with Gasteiger partial charge in [0.2, 0.25) is 5.91 Å². The van der Waals surface area contributed by atoms with Crippen LogP contribution in [0.15, 0.2) is 10.7 Å². The molecule has 1 spiro atoms. The van der Waals surface area contributed by atoms with Crippen molar-refractivity contribution in [2.75, 3.05) is 5.32 Å². The van der Waals surface area contributed by atoms with Crippen molar-refractivity contribution in [1.29, 1.82) is 0 Å². The number of rotatable bonds is 3. The van der Waals surface area contributed by atoms with Gasteiger partial charge in [-0.15, -0.1) is 0 Å². The normalized spacial score (nSPS) is 26.7. The maximum atomic E-state index is 11.5. The molecule has 3 aliphatic carbocycles. The van der Waals surface area contributed by atoms with Gasteiger partial charge in [0.1, 0.15) is 5.82 Å². The summed E-state index contributed by atoms with van der Waals surface area (Å²) in [5.41, 5.74) is 9.29. The second kappa shape index (κ2) is 5.94. The lowest BCUT2D eigenvalue weighted by Crippen LogP contribution is -2.25. The fraction of sp³-hybridized carbons (Fsp3) is 0.632. The second-order valence-corrected chi connectivity index (χ2v) is 9.11. The van der Waals surface area contributed by atoms with Gasteiger partial charge < -0.3 is 11.1 Å². The van der Waals surface area contributed by atoms with E-state index in [1.807, 2.05) is 10.7 Å². The first-order valence-electron chi connectivity index (χ1n) is 9.70. The lowest BCUT2D eigenvalue weighted by atomic mass is 9.83. The molecule has 2 aromatic rings. The van der Waals surface area contributed by atoms with Gasteiger partial charge in [-0.05, 0) is 60.9 Å². The Kier molecular flexibility index (Phi) is 3.78. The SMILES string of the molecule is NC(=O)[C@H]1CC[C@H](Nc2c3c(nc4c(Br)cnn24)C2(CCCC2)CC3)C1. The van der Waals surface area contributed by atoms with Gasteiger partial charge in [0.15, 0.2) is 5.65 Å². The molecule has 0 aromatic carbocycles. The Morgan fingerprint density at radius 3 is 2.85 bits per heavy atom. The summed E-state index contributed by atoms with van der Waals surface area (Å²) in [6.45, 7) is 0. The Morgan fingerprint density at radius 2 is 2.12 bits per heavy atom. The predicted octanol–water partition coefficient (Wildman–Crippen LogP) is 3.32. The van der Waals surface area contributed by atoms with Gasteiger partial charge in [0.25, 0.3) is 0 Å². The smallest absolute Gasteiger partial charge is 0.220 e. The van der Waals surface area contributed by atoms with Crippen molar-refractivity contribution in [2.45, 2.75) is 69.2 Å². The fourth-order valence-electron chi connectivity index (χ4n) is 5.41. The summed E-state index contributed by atoms with van der Waals surface area (Å²) < 4.78 is 2.87. The van der Waals surface area contributed by atoms with E-state index in [-0.39, 0.29) is 23.3 Å². The first-order valence-corrected chi connectivity index (χ1v) is 10.5. The van der Waals surface area contributed by atoms with Crippen molar-refractivity contribution in [3.8, 4) is 0 Å². The van der Waals surface area contributed by atoms with Crippen LogP contribution < -0.4 is 11.1 Å². The molecule has 3 aliphatic rings. The Bertz CT molecular complexity index is 886. The molecule has 0 unspecified atom stereocenters. The zero-order chi connectivity index (χ0) is 17.9. The van der Waals surface area contributed by atoms with E-state index in [2.05, 4.69) is 26.3 Å². The van der Waals surface area contributed by atoms with Crippen molar-refractivity contribution in [1.82, 2.24) is 14.6 Å². The van der Waals surface area contributed by atoms with E-state index in [1.165, 1.54) is 43.4 Å². The van der Waals surface area contributed by atoms with Crippen LogP contribution in [0.4, 0.5) is 5.82 Å². The average molecular weight is 418 g/mol. The van der Waals surface area contributed by atoms with Crippen LogP contribution in [0.3, 0.4) is 0 Å². The largest absolute Gasteiger partial charge is 0.369 e. The van der Waals surface area contributed by atoms with Crippen LogP contribution in [0.1, 0.15) is 62.6 Å². The van der Waals surface area contributed by atoms with E-state index in [0.717, 1.165) is 41.6 Å². The predicted molar refractivity (Wildman–Crippen MR) is 103 cm³/mol. The molecule has 0 aliphatic heterocycles. The van der Waals surface area contributed by atoms with E-state index < -0.39 is 0 Å². The number of carbonyl (C=O) groups is 1. The average Bonchev–Trinajstić information content (AvgIpc) is 3.38. The molecule has 26 heavy (non-hydrogen) atoms. The first-order chi connectivity index (χ1) is 12.6. The first kappa shape index (κ1) is 16.5. The number of hydrogen-bond donors (Lipinski definition) is 2. The minimum Gasteiger partial charge on any atom is -0.369 e. The molecule has 6 nitrogen and oxygen atoms in total. The van der Waals surface area contributed by atoms with Gasteiger partial charge in [-0.3, -0.25) is 4.79 Å². The number of nitrogens with zero attached hydrogens (tertiary/aromatic N) is 3. The summed E-state index contributed by atoms with van der Waals surface area (Å²) in [5, 5.41) is 8.28. The Hall–Kier alpha value is -1.63. The van der Waals surface area contributed by atoms with Gasteiger partial charge in [0, 0.05) is 22.9 Å². The van der Waals surface area contributed by atoms with Crippen molar-refractivity contribution in [2.24, 2.45) is 11.7 Å². The zero-order valence-electron chi connectivity index (χ0n) is 14.8. The summed E-state index contributed by atoms with van der Waals surface area (Å²) in [7, 11) is 0. The van der Waals surface area contributed by atoms with Crippen molar-refractivity contribution in [3.63, 3.8) is 0 Å². The number of nitrogens with one attached hydrogen (secondary N) is 1. The molecule has 5 rings (SSSR count). The summed E-state index contributed by atoms with van der Waals surface area (Å²) in [4.78, 5) is 16.6. The van der Waals surface area contributed by atoms with E-state index >= 15 is 0 Å². The Balaban J connectivity index is 1.58. The molecular formula is C19H24BrN5O. The number of fused-ring (bicyclic) bond motifs is 3. The summed E-state index contributed by atoms with van der Waals surface area (Å²) >= 11 is 3.61. The molecule has 0 saturated heterocycles. The van der Waals surface area contributed by atoms with Crippen LogP contribution in [-0.2, 0) is 16.6 Å². The van der Waals surface area contributed by atoms with Crippen LogP contribution in [0.25, 0.3) is 5.65 Å². The molecule has 2 atom stereocenters. The third-order valence-electron chi connectivity index (χ3n) is 6.79. The maximum Gasteiger partial charge on any atom is 0.220 e. The van der Waals surface area contributed by atoms with Crippen molar-refractivity contribution in [3.05, 3.63) is 21.9 Å². The van der Waals surface area contributed by atoms with E-state index in [0.29, 0.717) is 0 Å². The third kappa shape index (κ3) is 2.39. The van der Waals surface area contributed by atoms with Gasteiger partial charge in [-0.25, -0.2) is 4.98 Å². The van der Waals surface area contributed by atoms with Gasteiger partial charge >= 0.3 is 0 Å². The van der Waals surface area contributed by atoms with E-state index in [1.54, 1.807) is 0 Å². The molecule has 3 N–H and O–H groups in total. The van der Waals surface area contributed by atoms with E-state index in [9.17, 15) is 4.79 Å². The minimum absolute atomic E-state index is 0.0107. The zero-order valence-corrected chi connectivity index (χ0v) is 16.4. The number of anilines is 1. The standard InChI is InChI=1S/C19H24BrN5O/c20-14-10-22-25-17(23-12-4-3-11(9-12)16(21)26)13-5-8-19(6-1-2-7-19)15(13)24-18(14)25/h10-12,23H,1-9H2,(H2,21,26)/t11-,12-/m0/s1. The number of aromatic nitrogens is 3.